The topological polar surface area (TPSA) is 13.1 Å². The molecule has 0 spiro atoms. The lowest BCUT2D eigenvalue weighted by atomic mass is 9.85. The molecule has 49 heavy (non-hydrogen) atoms. The molecule has 9 aromatic carbocycles. The van der Waals surface area contributed by atoms with E-state index < -0.39 is 12.1 Å². The van der Waals surface area contributed by atoms with Crippen molar-refractivity contribution in [1.82, 2.24) is 0 Å². The first-order valence-electron chi connectivity index (χ1n) is 19.8. The molecule has 0 saturated carbocycles. The summed E-state index contributed by atoms with van der Waals surface area (Å²) in [6.45, 7) is 0. The van der Waals surface area contributed by atoms with Crippen LogP contribution in [-0.4, -0.2) is 0 Å². The number of rotatable bonds is 4. The summed E-state index contributed by atoms with van der Waals surface area (Å²) in [6, 6.07) is 45.5. The maximum atomic E-state index is 9.26. The van der Waals surface area contributed by atoms with Crippen molar-refractivity contribution in [3.05, 3.63) is 182 Å². The van der Waals surface area contributed by atoms with Crippen molar-refractivity contribution in [2.45, 2.75) is 0 Å². The van der Waals surface area contributed by atoms with Crippen molar-refractivity contribution >= 4 is 54.3 Å². The number of furan rings is 1. The third-order valence-electron chi connectivity index (χ3n) is 9.57. The monoisotopic (exact) mass is 629 g/mol. The van der Waals surface area contributed by atoms with Gasteiger partial charge in [0.15, 0.2) is 0 Å². The van der Waals surface area contributed by atoms with E-state index in [1.165, 1.54) is 10.8 Å². The minimum Gasteiger partial charge on any atom is -0.455 e. The molecule has 0 bridgehead atoms. The smallest absolute Gasteiger partial charge is 0.143 e. The van der Waals surface area contributed by atoms with Crippen molar-refractivity contribution in [1.29, 1.82) is 0 Å². The average molecular weight is 630 g/mol. The van der Waals surface area contributed by atoms with Crippen LogP contribution in [0.2, 0.25) is 0 Å². The van der Waals surface area contributed by atoms with Gasteiger partial charge in [0, 0.05) is 21.9 Å². The summed E-state index contributed by atoms with van der Waals surface area (Å²) in [6.07, 6.45) is 0. The molecule has 1 nitrogen and oxygen atoms in total. The van der Waals surface area contributed by atoms with Gasteiger partial charge in [-0.15, -0.1) is 0 Å². The van der Waals surface area contributed by atoms with E-state index >= 15 is 0 Å². The molecular formula is C48H30O. The number of fused-ring (bicyclic) bond motifs is 6. The van der Waals surface area contributed by atoms with Gasteiger partial charge in [-0.05, 0) is 83.9 Å². The molecule has 0 fully saturated rings. The Hall–Kier alpha value is -6.44. The fraction of sp³-hybridized carbons (Fsp3) is 0. The predicted octanol–water partition coefficient (Wildman–Crippen LogP) is 13.7. The second-order valence-corrected chi connectivity index (χ2v) is 12.3. The second-order valence-electron chi connectivity index (χ2n) is 12.3. The maximum absolute atomic E-state index is 9.26. The molecule has 0 radical (unpaired) electrons. The number of para-hydroxylation sites is 2. The van der Waals surface area contributed by atoms with Crippen LogP contribution in [0.25, 0.3) is 98.8 Å². The van der Waals surface area contributed by atoms with Crippen LogP contribution in [0.4, 0.5) is 0 Å². The molecule has 0 atom stereocenters. The van der Waals surface area contributed by atoms with Gasteiger partial charge >= 0.3 is 0 Å². The largest absolute Gasteiger partial charge is 0.455 e. The lowest BCUT2D eigenvalue weighted by Gasteiger charge is -2.18. The zero-order valence-corrected chi connectivity index (χ0v) is 26.2. The van der Waals surface area contributed by atoms with Crippen molar-refractivity contribution in [2.75, 3.05) is 0 Å². The average Bonchev–Trinajstić information content (AvgIpc) is 3.64. The van der Waals surface area contributed by atoms with Gasteiger partial charge in [0.05, 0.1) is 9.60 Å². The summed E-state index contributed by atoms with van der Waals surface area (Å²) in [4.78, 5) is 0. The van der Waals surface area contributed by atoms with Gasteiger partial charge in [-0.3, -0.25) is 0 Å². The van der Waals surface area contributed by atoms with Gasteiger partial charge in [-0.2, -0.15) is 0 Å². The van der Waals surface area contributed by atoms with Crippen LogP contribution in [-0.2, 0) is 0 Å². The first-order chi connectivity index (χ1) is 27.2. The molecule has 0 unspecified atom stereocenters. The minimum atomic E-state index is -0.448. The van der Waals surface area contributed by atoms with Crippen molar-refractivity contribution in [3.8, 4) is 44.5 Å². The highest BCUT2D eigenvalue weighted by atomic mass is 16.3. The van der Waals surface area contributed by atoms with Gasteiger partial charge in [-0.25, -0.2) is 0 Å². The van der Waals surface area contributed by atoms with Crippen LogP contribution in [0, 0.1) is 0 Å². The van der Waals surface area contributed by atoms with Gasteiger partial charge in [-0.1, -0.05) is 164 Å². The Morgan fingerprint density at radius 2 is 0.939 bits per heavy atom. The van der Waals surface area contributed by atoms with Crippen molar-refractivity contribution < 1.29 is 14.0 Å². The summed E-state index contributed by atoms with van der Waals surface area (Å²) >= 11 is 0. The SMILES string of the molecule is [2H]c1c([2H])c([2H])c2c(oc3c(-c4c5ccccc5c(-c5ccc(-c6cccc(-c7ccc8ccccc8c7)c6)cc5)c5ccccc45)c([2H])c([2H])c([2H])c32)c1[2H]. The standard InChI is InChI=1S/C48H30O/c1-2-12-34-30-37(28-25-31(34)11-1)36-14-9-13-35(29-36)32-23-26-33(27-24-32)46-39-16-3-5-18-41(39)47(42-19-6-4-17-40(42)46)44-21-10-20-43-38-15-7-8-22-45(38)49-48(43)44/h1-30H/i7D,8D,10D,15D,20D,21D,22D. The Labute approximate surface area is 294 Å². The molecule has 10 rings (SSSR count). The molecule has 0 aliphatic heterocycles. The van der Waals surface area contributed by atoms with E-state index in [1.54, 1.807) is 0 Å². The summed E-state index contributed by atoms with van der Waals surface area (Å²) in [5.74, 6) is 0. The predicted molar refractivity (Wildman–Crippen MR) is 208 cm³/mol. The van der Waals surface area contributed by atoms with Gasteiger partial charge in [0.25, 0.3) is 0 Å². The molecule has 228 valence electrons. The van der Waals surface area contributed by atoms with E-state index in [0.717, 1.165) is 54.9 Å². The van der Waals surface area contributed by atoms with Crippen LogP contribution in [0.15, 0.2) is 186 Å². The summed E-state index contributed by atoms with van der Waals surface area (Å²) in [5, 5.41) is 6.00. The first-order valence-corrected chi connectivity index (χ1v) is 16.3. The van der Waals surface area contributed by atoms with E-state index in [0.29, 0.717) is 5.56 Å². The molecule has 0 N–H and O–H groups in total. The van der Waals surface area contributed by atoms with E-state index in [1.807, 2.05) is 48.5 Å². The molecule has 0 aliphatic rings. The third kappa shape index (κ3) is 4.47. The van der Waals surface area contributed by atoms with Crippen LogP contribution < -0.4 is 0 Å². The Morgan fingerprint density at radius 1 is 0.367 bits per heavy atom. The van der Waals surface area contributed by atoms with Gasteiger partial charge in [0.1, 0.15) is 11.2 Å². The van der Waals surface area contributed by atoms with Gasteiger partial charge in [0.2, 0.25) is 0 Å². The van der Waals surface area contributed by atoms with Crippen molar-refractivity contribution in [2.24, 2.45) is 0 Å². The van der Waals surface area contributed by atoms with Crippen LogP contribution >= 0.6 is 0 Å². The Balaban J connectivity index is 1.17. The minimum absolute atomic E-state index is 0.0406. The van der Waals surface area contributed by atoms with E-state index in [9.17, 15) is 1.37 Å². The highest BCUT2D eigenvalue weighted by Crippen LogP contribution is 2.46. The molecule has 1 heteroatoms. The number of hydrogen-bond acceptors (Lipinski definition) is 1. The Morgan fingerprint density at radius 3 is 1.69 bits per heavy atom. The van der Waals surface area contributed by atoms with E-state index in [-0.39, 0.29) is 57.7 Å². The Kier molecular flexibility index (Phi) is 4.85. The molecule has 0 aliphatic carbocycles. The van der Waals surface area contributed by atoms with Crippen LogP contribution in [0.1, 0.15) is 9.60 Å². The lowest BCUT2D eigenvalue weighted by Crippen LogP contribution is -1.91. The molecule has 0 amide bonds. The highest BCUT2D eigenvalue weighted by Gasteiger charge is 2.20. The Bertz CT molecular complexity index is 3220. The molecule has 10 aromatic rings. The third-order valence-corrected chi connectivity index (χ3v) is 9.57. The molecular weight excluding hydrogens is 593 g/mol. The zero-order valence-electron chi connectivity index (χ0n) is 33.2. The molecule has 0 saturated heterocycles. The quantitative estimate of drug-likeness (QED) is 0.177. The zero-order chi connectivity index (χ0) is 38.4. The van der Waals surface area contributed by atoms with Crippen LogP contribution in [0.3, 0.4) is 0 Å². The molecule has 1 heterocycles. The fourth-order valence-corrected chi connectivity index (χ4v) is 7.29. The summed E-state index contributed by atoms with van der Waals surface area (Å²) in [7, 11) is 0. The summed E-state index contributed by atoms with van der Waals surface area (Å²) < 4.78 is 67.3. The fourth-order valence-electron chi connectivity index (χ4n) is 7.29. The lowest BCUT2D eigenvalue weighted by molar-refractivity contribution is 0.670. The number of benzene rings is 9. The van der Waals surface area contributed by atoms with E-state index in [4.69, 9.17) is 12.6 Å². The maximum Gasteiger partial charge on any atom is 0.143 e. The van der Waals surface area contributed by atoms with Crippen molar-refractivity contribution in [3.63, 3.8) is 0 Å². The van der Waals surface area contributed by atoms with Crippen LogP contribution in [0.5, 0.6) is 0 Å². The number of hydrogen-bond donors (Lipinski definition) is 0. The normalized spacial score (nSPS) is 13.7. The first kappa shape index (κ1) is 21.4. The van der Waals surface area contributed by atoms with Gasteiger partial charge < -0.3 is 4.42 Å². The second kappa shape index (κ2) is 11.1. The highest BCUT2D eigenvalue weighted by molar-refractivity contribution is 6.24. The molecule has 1 aromatic heterocycles. The summed E-state index contributed by atoms with van der Waals surface area (Å²) in [5.41, 5.74) is 7.41. The van der Waals surface area contributed by atoms with E-state index in [2.05, 4.69) is 91.0 Å².